The molecule has 1 rings (SSSR count). The van der Waals surface area contributed by atoms with Crippen LogP contribution < -0.4 is 0 Å². The van der Waals surface area contributed by atoms with Crippen LogP contribution in [0, 0.1) is 11.3 Å². The summed E-state index contributed by atoms with van der Waals surface area (Å²) in [6, 6.07) is 2.01. The van der Waals surface area contributed by atoms with Gasteiger partial charge in [-0.05, 0) is 6.92 Å². The molecule has 0 radical (unpaired) electrons. The molecule has 0 spiro atoms. The van der Waals surface area contributed by atoms with Crippen LogP contribution in [-0.4, -0.2) is 28.5 Å². The van der Waals surface area contributed by atoms with E-state index in [1.165, 1.54) is 10.8 Å². The lowest BCUT2D eigenvalue weighted by Gasteiger charge is -2.17. The molecule has 0 amide bonds. The minimum Gasteiger partial charge on any atom is -0.259 e. The average Bonchev–Trinajstić information content (AvgIpc) is 2.30. The Morgan fingerprint density at radius 3 is 3.00 bits per heavy atom. The first kappa shape index (κ1) is 7.16. The summed E-state index contributed by atoms with van der Waals surface area (Å²) in [7, 11) is 0. The predicted octanol–water partition coefficient (Wildman–Crippen LogP) is 0.571. The van der Waals surface area contributed by atoms with Gasteiger partial charge in [-0.2, -0.15) is 10.4 Å². The molecular formula is C5H7ClN4. The number of rotatable bonds is 1. The number of hydrogen-bond acceptors (Lipinski definition) is 4. The van der Waals surface area contributed by atoms with Crippen molar-refractivity contribution in [3.8, 4) is 6.07 Å². The summed E-state index contributed by atoms with van der Waals surface area (Å²) in [5, 5.41) is 14.0. The van der Waals surface area contributed by atoms with Gasteiger partial charge in [-0.15, -0.1) is 0 Å². The maximum Gasteiger partial charge on any atom is 0.221 e. The lowest BCUT2D eigenvalue weighted by atomic mass is 10.5. The summed E-state index contributed by atoms with van der Waals surface area (Å²) in [5.41, 5.74) is 0. The third-order valence-corrected chi connectivity index (χ3v) is 1.54. The molecule has 1 heterocycles. The Kier molecular flexibility index (Phi) is 1.97. The molecule has 0 aromatic rings. The van der Waals surface area contributed by atoms with Gasteiger partial charge in [0.25, 0.3) is 0 Å². The molecule has 1 unspecified atom stereocenters. The second kappa shape index (κ2) is 2.76. The highest BCUT2D eigenvalue weighted by Gasteiger charge is 2.24. The van der Waals surface area contributed by atoms with Gasteiger partial charge < -0.3 is 0 Å². The number of hydrogen-bond donors (Lipinski definition) is 0. The molecule has 5 heteroatoms. The lowest BCUT2D eigenvalue weighted by Crippen LogP contribution is -2.32. The highest BCUT2D eigenvalue weighted by Crippen LogP contribution is 2.12. The molecule has 0 bridgehead atoms. The molecule has 0 aromatic carbocycles. The van der Waals surface area contributed by atoms with Crippen molar-refractivity contribution >= 4 is 18.1 Å². The molecule has 1 aliphatic heterocycles. The van der Waals surface area contributed by atoms with E-state index in [4.69, 9.17) is 17.0 Å². The highest BCUT2D eigenvalue weighted by molar-refractivity contribution is 6.19. The molecule has 1 atom stereocenters. The van der Waals surface area contributed by atoms with Gasteiger partial charge in [0, 0.05) is 18.3 Å². The average molecular weight is 159 g/mol. The van der Waals surface area contributed by atoms with Crippen molar-refractivity contribution in [2.24, 2.45) is 5.10 Å². The quantitative estimate of drug-likeness (QED) is 0.524. The summed E-state index contributed by atoms with van der Waals surface area (Å²) < 4.78 is 1.25. The summed E-state index contributed by atoms with van der Waals surface area (Å²) in [6.45, 7) is 2.61. The van der Waals surface area contributed by atoms with Crippen LogP contribution in [0.15, 0.2) is 5.10 Å². The van der Waals surface area contributed by atoms with Gasteiger partial charge in [0.2, 0.25) is 6.17 Å². The Hall–Kier alpha value is -0.950. The SMILES string of the molecule is CCN1N=CN(Cl)C1C#N. The van der Waals surface area contributed by atoms with E-state index in [1.807, 2.05) is 13.0 Å². The Balaban J connectivity index is 2.64. The van der Waals surface area contributed by atoms with Crippen LogP contribution >= 0.6 is 11.8 Å². The third kappa shape index (κ3) is 1.00. The first-order chi connectivity index (χ1) is 4.79. The predicted molar refractivity (Wildman–Crippen MR) is 38.0 cm³/mol. The number of hydrazone groups is 1. The number of nitrogens with zero attached hydrogens (tertiary/aromatic N) is 4. The van der Waals surface area contributed by atoms with E-state index in [-0.39, 0.29) is 0 Å². The fourth-order valence-electron chi connectivity index (χ4n) is 0.746. The maximum absolute atomic E-state index is 8.54. The molecule has 0 saturated heterocycles. The van der Waals surface area contributed by atoms with Gasteiger partial charge >= 0.3 is 0 Å². The zero-order chi connectivity index (χ0) is 7.56. The van der Waals surface area contributed by atoms with E-state index in [0.29, 0.717) is 6.54 Å². The molecule has 1 aliphatic rings. The third-order valence-electron chi connectivity index (χ3n) is 1.27. The Bertz CT molecular complexity index is 185. The molecule has 0 aromatic heterocycles. The summed E-state index contributed by atoms with van der Waals surface area (Å²) >= 11 is 5.57. The van der Waals surface area contributed by atoms with Crippen molar-refractivity contribution in [2.45, 2.75) is 13.1 Å². The van der Waals surface area contributed by atoms with Gasteiger partial charge in [0.05, 0.1) is 0 Å². The molecule has 0 saturated carbocycles. The van der Waals surface area contributed by atoms with Crippen LogP contribution in [-0.2, 0) is 0 Å². The first-order valence-electron chi connectivity index (χ1n) is 2.94. The molecule has 0 N–H and O–H groups in total. The van der Waals surface area contributed by atoms with Crippen LogP contribution in [0.5, 0.6) is 0 Å². The van der Waals surface area contributed by atoms with E-state index < -0.39 is 6.17 Å². The molecule has 0 aliphatic carbocycles. The molecule has 4 nitrogen and oxygen atoms in total. The standard InChI is InChI=1S/C5H7ClN4/c1-2-10-5(3-7)9(6)4-8-10/h4-5H,2H2,1H3. The minimum atomic E-state index is -0.438. The van der Waals surface area contributed by atoms with E-state index in [1.54, 1.807) is 5.01 Å². The van der Waals surface area contributed by atoms with Crippen molar-refractivity contribution in [1.29, 1.82) is 5.26 Å². The monoisotopic (exact) mass is 158 g/mol. The smallest absolute Gasteiger partial charge is 0.221 e. The van der Waals surface area contributed by atoms with Gasteiger partial charge in [-0.1, -0.05) is 0 Å². The van der Waals surface area contributed by atoms with Crippen LogP contribution in [0.4, 0.5) is 0 Å². The van der Waals surface area contributed by atoms with Gasteiger partial charge in [0.15, 0.2) is 0 Å². The van der Waals surface area contributed by atoms with Crippen molar-refractivity contribution < 1.29 is 0 Å². The molecule has 0 fully saturated rings. The molecular weight excluding hydrogens is 152 g/mol. The zero-order valence-corrected chi connectivity index (χ0v) is 6.28. The second-order valence-electron chi connectivity index (χ2n) is 1.83. The van der Waals surface area contributed by atoms with Crippen LogP contribution in [0.3, 0.4) is 0 Å². The van der Waals surface area contributed by atoms with Gasteiger partial charge in [0.1, 0.15) is 12.4 Å². The fourth-order valence-corrected chi connectivity index (χ4v) is 0.929. The normalized spacial score (nSPS) is 23.5. The Morgan fingerprint density at radius 1 is 1.90 bits per heavy atom. The van der Waals surface area contributed by atoms with Crippen molar-refractivity contribution in [3.63, 3.8) is 0 Å². The Labute approximate surface area is 64.4 Å². The van der Waals surface area contributed by atoms with Crippen molar-refractivity contribution in [1.82, 2.24) is 9.43 Å². The van der Waals surface area contributed by atoms with Crippen LogP contribution in [0.2, 0.25) is 0 Å². The van der Waals surface area contributed by atoms with Crippen molar-refractivity contribution in [2.75, 3.05) is 6.54 Å². The van der Waals surface area contributed by atoms with Gasteiger partial charge in [-0.3, -0.25) is 5.01 Å². The number of halogens is 1. The van der Waals surface area contributed by atoms with Crippen LogP contribution in [0.1, 0.15) is 6.92 Å². The largest absolute Gasteiger partial charge is 0.259 e. The Morgan fingerprint density at radius 2 is 2.60 bits per heavy atom. The van der Waals surface area contributed by atoms with Gasteiger partial charge in [-0.25, -0.2) is 4.42 Å². The maximum atomic E-state index is 8.54. The lowest BCUT2D eigenvalue weighted by molar-refractivity contribution is 0.234. The molecule has 54 valence electrons. The van der Waals surface area contributed by atoms with E-state index in [9.17, 15) is 0 Å². The summed E-state index contributed by atoms with van der Waals surface area (Å²) in [6.07, 6.45) is 0.991. The summed E-state index contributed by atoms with van der Waals surface area (Å²) in [4.78, 5) is 0. The number of nitriles is 1. The molecule has 10 heavy (non-hydrogen) atoms. The zero-order valence-electron chi connectivity index (χ0n) is 5.53. The second-order valence-corrected chi connectivity index (χ2v) is 2.22. The minimum absolute atomic E-state index is 0.438. The fraction of sp³-hybridized carbons (Fsp3) is 0.600. The highest BCUT2D eigenvalue weighted by atomic mass is 35.5. The van der Waals surface area contributed by atoms with Crippen LogP contribution in [0.25, 0.3) is 0 Å². The summed E-state index contributed by atoms with van der Waals surface area (Å²) in [5.74, 6) is 0. The van der Waals surface area contributed by atoms with Crippen molar-refractivity contribution in [3.05, 3.63) is 0 Å². The topological polar surface area (TPSA) is 42.6 Å². The van der Waals surface area contributed by atoms with E-state index >= 15 is 0 Å². The van der Waals surface area contributed by atoms with E-state index in [2.05, 4.69) is 5.10 Å². The van der Waals surface area contributed by atoms with E-state index in [0.717, 1.165) is 0 Å². The first-order valence-corrected chi connectivity index (χ1v) is 3.28.